The summed E-state index contributed by atoms with van der Waals surface area (Å²) in [6, 6.07) is 33.9. The van der Waals surface area contributed by atoms with Gasteiger partial charge in [0.1, 0.15) is 11.6 Å². The van der Waals surface area contributed by atoms with Crippen molar-refractivity contribution in [1.82, 2.24) is 14.5 Å². The first-order valence-electron chi connectivity index (χ1n) is 26.5. The third-order valence-electron chi connectivity index (χ3n) is 11.5. The number of hydrogen-bond donors (Lipinski definition) is 1. The predicted octanol–water partition coefficient (Wildman–Crippen LogP) is 15.4. The Morgan fingerprint density at radius 3 is 2.12 bits per heavy atom. The Hall–Kier alpha value is -6.35. The van der Waals surface area contributed by atoms with Gasteiger partial charge in [0, 0.05) is 37.0 Å². The third kappa shape index (κ3) is 8.40. The fourth-order valence-electron chi connectivity index (χ4n) is 8.33. The first-order chi connectivity index (χ1) is 34.7. The molecule has 0 fully saturated rings. The smallest absolute Gasteiger partial charge is 0.148 e. The molecule has 5 heteroatoms. The van der Waals surface area contributed by atoms with Gasteiger partial charge in [-0.05, 0) is 117 Å². The van der Waals surface area contributed by atoms with E-state index in [9.17, 15) is 6.48 Å². The van der Waals surface area contributed by atoms with Crippen LogP contribution in [-0.4, -0.2) is 19.6 Å². The summed E-state index contributed by atoms with van der Waals surface area (Å²) >= 11 is 0. The minimum Gasteiger partial charge on any atom is -0.507 e. The number of hydrogen-bond acceptors (Lipinski definition) is 3. The molecule has 0 aliphatic heterocycles. The SMILES string of the molecule is [2H]c1nc(-c2[c-]c(-c3cccc4c3nc(-c3cc(C)cc(C)c3O)n4-c3ccc(-c4c(-c5ccccc5)cccc4C(C)(C)C)cc3C([2H])([2H])[2H])cc(C(C)(C)C)c2)c([2H])c(-c2c([2H])c([2H])c([2H])c([2H])c2[2H])c1[2H].[Pt]. The molecule has 9 aromatic rings. The molecule has 0 bridgehead atoms. The number of aromatic hydroxyl groups is 1. The maximum absolute atomic E-state index is 11.9. The number of rotatable bonds is 7. The Labute approximate surface area is 408 Å². The normalized spacial score (nSPS) is 14.4. The second kappa shape index (κ2) is 17.3. The fourth-order valence-corrected chi connectivity index (χ4v) is 8.33. The molecule has 4 nitrogen and oxygen atoms in total. The van der Waals surface area contributed by atoms with Gasteiger partial charge in [0.25, 0.3) is 0 Å². The number of benzene rings is 7. The van der Waals surface area contributed by atoms with Crippen LogP contribution >= 0.6 is 0 Å². The Balaban J connectivity index is 0.00000747. The summed E-state index contributed by atoms with van der Waals surface area (Å²) in [5.74, 6) is 0.259. The molecule has 0 aliphatic carbocycles. The van der Waals surface area contributed by atoms with Crippen LogP contribution in [0.15, 0.2) is 158 Å². The zero-order chi connectivity index (χ0) is 53.7. The molecular formula is C59H54N3OPt-. The van der Waals surface area contributed by atoms with Crippen molar-refractivity contribution in [2.75, 3.05) is 0 Å². The number of para-hydroxylation sites is 1. The number of aryl methyl sites for hydroxylation is 3. The van der Waals surface area contributed by atoms with E-state index in [1.165, 1.54) is 0 Å². The quantitative estimate of drug-likeness (QED) is 0.162. The number of imidazole rings is 1. The van der Waals surface area contributed by atoms with Crippen molar-refractivity contribution in [3.63, 3.8) is 0 Å². The van der Waals surface area contributed by atoms with Crippen LogP contribution < -0.4 is 0 Å². The maximum Gasteiger partial charge on any atom is 0.148 e. The summed E-state index contributed by atoms with van der Waals surface area (Å²) < 4.78 is 98.7. The van der Waals surface area contributed by atoms with E-state index < -0.39 is 60.7 Å². The van der Waals surface area contributed by atoms with Crippen molar-refractivity contribution in [2.45, 2.75) is 73.1 Å². The number of aromatic nitrogens is 3. The van der Waals surface area contributed by atoms with Gasteiger partial charge in [0.2, 0.25) is 0 Å². The van der Waals surface area contributed by atoms with Gasteiger partial charge in [0.05, 0.1) is 33.3 Å². The zero-order valence-electron chi connectivity index (χ0n) is 48.0. The Kier molecular flexibility index (Phi) is 8.75. The standard InChI is InChI=1S/C59H54N3O.Pt/c1-37-30-39(3)56(63)49(31-37)57-61-55-48(44-33-45(35-46(34-44)58(4,5)6)51-36-42(28-29-60-51)40-18-12-10-13-19-40)23-17-25-53(55)62(57)52-27-26-43(32-38(52)2)54-47(41-20-14-11-15-21-41)22-16-24-50(54)59(7,8)9;/h10-32,34-36,63H,1-9H3;/q-1;/i2D3,10D,12D,13D,18D,19D,28D,29D,36D;. The van der Waals surface area contributed by atoms with Crippen LogP contribution in [0.3, 0.4) is 0 Å². The minimum atomic E-state index is -2.64. The Morgan fingerprint density at radius 2 is 1.39 bits per heavy atom. The minimum absolute atomic E-state index is 0. The molecule has 0 unspecified atom stereocenters. The van der Waals surface area contributed by atoms with Crippen molar-refractivity contribution in [3.8, 4) is 78.6 Å². The van der Waals surface area contributed by atoms with E-state index in [0.29, 0.717) is 39.0 Å². The van der Waals surface area contributed by atoms with Crippen LogP contribution in [0.1, 0.15) is 84.4 Å². The van der Waals surface area contributed by atoms with Crippen LogP contribution in [0, 0.1) is 26.8 Å². The second-order valence-corrected chi connectivity index (χ2v) is 18.1. The van der Waals surface area contributed by atoms with Crippen LogP contribution in [0.2, 0.25) is 0 Å². The Bertz CT molecular complexity index is 3730. The van der Waals surface area contributed by atoms with Gasteiger partial charge in [0.15, 0.2) is 0 Å². The molecule has 0 radical (unpaired) electrons. The van der Waals surface area contributed by atoms with E-state index in [-0.39, 0.29) is 66.0 Å². The van der Waals surface area contributed by atoms with E-state index in [1.807, 2.05) is 113 Å². The third-order valence-corrected chi connectivity index (χ3v) is 11.5. The van der Waals surface area contributed by atoms with Gasteiger partial charge in [-0.1, -0.05) is 162 Å². The van der Waals surface area contributed by atoms with Crippen LogP contribution in [0.25, 0.3) is 83.9 Å². The number of fused-ring (bicyclic) bond motifs is 1. The molecule has 0 atom stereocenters. The van der Waals surface area contributed by atoms with Gasteiger partial charge in [-0.15, -0.1) is 29.3 Å². The summed E-state index contributed by atoms with van der Waals surface area (Å²) in [6.45, 7) is 13.5. The number of pyridine rings is 1. The van der Waals surface area contributed by atoms with Gasteiger partial charge in [-0.25, -0.2) is 4.98 Å². The summed E-state index contributed by atoms with van der Waals surface area (Å²) in [6.07, 6.45) is -0.568. The van der Waals surface area contributed by atoms with E-state index in [1.54, 1.807) is 23.6 Å². The van der Waals surface area contributed by atoms with Gasteiger partial charge < -0.3 is 5.11 Å². The zero-order valence-corrected chi connectivity index (χ0v) is 39.3. The fraction of sp³-hybridized carbons (Fsp3) is 0.186. The van der Waals surface area contributed by atoms with E-state index >= 15 is 0 Å². The van der Waals surface area contributed by atoms with Crippen molar-refractivity contribution >= 4 is 11.0 Å². The Morgan fingerprint density at radius 1 is 0.656 bits per heavy atom. The van der Waals surface area contributed by atoms with Crippen LogP contribution in [0.4, 0.5) is 0 Å². The molecule has 0 aliphatic rings. The summed E-state index contributed by atoms with van der Waals surface area (Å²) in [5, 5.41) is 11.9. The molecular weight excluding hydrogens is 962 g/mol. The predicted molar refractivity (Wildman–Crippen MR) is 264 cm³/mol. The molecule has 0 spiro atoms. The maximum atomic E-state index is 11.9. The number of phenols is 1. The number of nitrogens with zero attached hydrogens (tertiary/aromatic N) is 3. The molecule has 1 N–H and O–H groups in total. The summed E-state index contributed by atoms with van der Waals surface area (Å²) in [5.41, 5.74) is 8.19. The van der Waals surface area contributed by atoms with Crippen LogP contribution in [0.5, 0.6) is 5.75 Å². The van der Waals surface area contributed by atoms with E-state index in [0.717, 1.165) is 38.9 Å². The van der Waals surface area contributed by atoms with Crippen molar-refractivity contribution in [2.24, 2.45) is 0 Å². The van der Waals surface area contributed by atoms with E-state index in [2.05, 4.69) is 44.0 Å². The summed E-state index contributed by atoms with van der Waals surface area (Å²) in [7, 11) is 0. The first-order valence-corrected chi connectivity index (χ1v) is 21.0. The molecule has 2 aromatic heterocycles. The van der Waals surface area contributed by atoms with Crippen LogP contribution in [-0.2, 0) is 31.9 Å². The molecule has 0 saturated heterocycles. The number of phenolic OH excluding ortho intramolecular Hbond substituents is 1. The molecule has 2 heterocycles. The molecule has 9 rings (SSSR count). The average Bonchev–Trinajstić information content (AvgIpc) is 3.74. The molecule has 7 aromatic carbocycles. The van der Waals surface area contributed by atoms with E-state index in [4.69, 9.17) is 18.7 Å². The van der Waals surface area contributed by atoms with Gasteiger partial charge in [-0.3, -0.25) is 9.55 Å². The van der Waals surface area contributed by atoms with Gasteiger partial charge >= 0.3 is 0 Å². The monoisotopic (exact) mass is 1030 g/mol. The molecule has 0 amide bonds. The average molecular weight is 1030 g/mol. The molecule has 0 saturated carbocycles. The van der Waals surface area contributed by atoms with Crippen molar-refractivity contribution < 1.29 is 41.3 Å². The largest absolute Gasteiger partial charge is 0.507 e. The molecule has 322 valence electrons. The summed E-state index contributed by atoms with van der Waals surface area (Å²) in [4.78, 5) is 9.72. The topological polar surface area (TPSA) is 50.9 Å². The van der Waals surface area contributed by atoms with Crippen molar-refractivity contribution in [3.05, 3.63) is 192 Å². The van der Waals surface area contributed by atoms with Gasteiger partial charge in [-0.2, -0.15) is 0 Å². The van der Waals surface area contributed by atoms with Crippen molar-refractivity contribution in [1.29, 1.82) is 0 Å². The first kappa shape index (κ1) is 32.3. The second-order valence-electron chi connectivity index (χ2n) is 18.1. The molecule has 64 heavy (non-hydrogen) atoms.